The summed E-state index contributed by atoms with van der Waals surface area (Å²) in [5.74, 6) is -0.136. The summed E-state index contributed by atoms with van der Waals surface area (Å²) in [5.41, 5.74) is 0.0140. The van der Waals surface area contributed by atoms with Crippen LogP contribution in [0.25, 0.3) is 0 Å². The fourth-order valence-electron chi connectivity index (χ4n) is 3.61. The maximum absolute atomic E-state index is 11.3. The molecule has 0 fully saturated rings. The topological polar surface area (TPSA) is 59.4 Å². The molecule has 0 aliphatic carbocycles. The molecule has 1 aromatic rings. The van der Waals surface area contributed by atoms with Crippen LogP contribution in [0.5, 0.6) is 5.75 Å². The lowest BCUT2D eigenvalue weighted by Crippen LogP contribution is -2.14. The average molecular weight is 392 g/mol. The molecule has 1 rings (SSSR count). The van der Waals surface area contributed by atoms with Gasteiger partial charge in [0.05, 0.1) is 6.61 Å². The molecule has 4 nitrogen and oxygen atoms in total. The van der Waals surface area contributed by atoms with E-state index in [1.165, 1.54) is 96.1 Å². The SMILES string of the molecule is CCCCCCCCCC(CCCCCCC)COc1cccnc1C(=O)O. The number of aromatic nitrogens is 1. The van der Waals surface area contributed by atoms with E-state index in [1.807, 2.05) is 0 Å². The quantitative estimate of drug-likeness (QED) is 0.267. The lowest BCUT2D eigenvalue weighted by Gasteiger charge is -2.18. The van der Waals surface area contributed by atoms with Crippen LogP contribution in [0.15, 0.2) is 18.3 Å². The zero-order valence-corrected chi connectivity index (χ0v) is 18.1. The van der Waals surface area contributed by atoms with Crippen LogP contribution in [0.1, 0.15) is 114 Å². The molecule has 1 atom stereocenters. The molecule has 1 N–H and O–H groups in total. The molecule has 1 aromatic heterocycles. The van der Waals surface area contributed by atoms with Crippen LogP contribution in [0.4, 0.5) is 0 Å². The van der Waals surface area contributed by atoms with E-state index in [1.54, 1.807) is 12.1 Å². The minimum atomic E-state index is -1.03. The van der Waals surface area contributed by atoms with E-state index in [9.17, 15) is 9.90 Å². The van der Waals surface area contributed by atoms with Gasteiger partial charge in [-0.2, -0.15) is 0 Å². The van der Waals surface area contributed by atoms with Gasteiger partial charge in [0.15, 0.2) is 11.4 Å². The molecule has 1 heterocycles. The molecule has 0 aliphatic rings. The summed E-state index contributed by atoms with van der Waals surface area (Å²) in [5, 5.41) is 9.27. The van der Waals surface area contributed by atoms with Gasteiger partial charge >= 0.3 is 5.97 Å². The summed E-state index contributed by atoms with van der Waals surface area (Å²) >= 11 is 0. The molecular formula is C24H41NO3. The van der Waals surface area contributed by atoms with Gasteiger partial charge in [-0.25, -0.2) is 9.78 Å². The van der Waals surface area contributed by atoms with E-state index in [2.05, 4.69) is 18.8 Å². The Bertz CT molecular complexity index is 518. The van der Waals surface area contributed by atoms with E-state index < -0.39 is 5.97 Å². The molecule has 0 aliphatic heterocycles. The number of hydrogen-bond donors (Lipinski definition) is 1. The Morgan fingerprint density at radius 3 is 2.00 bits per heavy atom. The Morgan fingerprint density at radius 2 is 1.46 bits per heavy atom. The Labute approximate surface area is 172 Å². The monoisotopic (exact) mass is 391 g/mol. The van der Waals surface area contributed by atoms with Crippen LogP contribution in [0.2, 0.25) is 0 Å². The van der Waals surface area contributed by atoms with E-state index in [4.69, 9.17) is 4.74 Å². The lowest BCUT2D eigenvalue weighted by atomic mass is 9.95. The number of pyridine rings is 1. The largest absolute Gasteiger partial charge is 0.491 e. The first-order valence-electron chi connectivity index (χ1n) is 11.5. The first-order chi connectivity index (χ1) is 13.7. The van der Waals surface area contributed by atoms with Crippen molar-refractivity contribution in [2.75, 3.05) is 6.61 Å². The molecule has 0 aromatic carbocycles. The van der Waals surface area contributed by atoms with Gasteiger partial charge in [0.2, 0.25) is 0 Å². The van der Waals surface area contributed by atoms with Crippen LogP contribution in [-0.4, -0.2) is 22.7 Å². The number of carboxylic acid groups (broad SMARTS) is 1. The maximum Gasteiger partial charge on any atom is 0.358 e. The molecule has 1 unspecified atom stereocenters. The van der Waals surface area contributed by atoms with Crippen molar-refractivity contribution in [3.8, 4) is 5.75 Å². The van der Waals surface area contributed by atoms with Crippen LogP contribution in [-0.2, 0) is 0 Å². The number of nitrogens with zero attached hydrogens (tertiary/aromatic N) is 1. The molecule has 4 heteroatoms. The first kappa shape index (κ1) is 24.5. The Kier molecular flexibility index (Phi) is 14.3. The summed E-state index contributed by atoms with van der Waals surface area (Å²) in [4.78, 5) is 15.3. The van der Waals surface area contributed by atoms with Crippen molar-refractivity contribution >= 4 is 5.97 Å². The normalized spacial score (nSPS) is 12.1. The molecule has 0 bridgehead atoms. The van der Waals surface area contributed by atoms with Crippen molar-refractivity contribution in [1.82, 2.24) is 4.98 Å². The van der Waals surface area contributed by atoms with Gasteiger partial charge in [0, 0.05) is 6.20 Å². The minimum Gasteiger partial charge on any atom is -0.491 e. The molecule has 0 radical (unpaired) electrons. The van der Waals surface area contributed by atoms with Gasteiger partial charge in [-0.05, 0) is 30.9 Å². The number of aromatic carboxylic acids is 1. The van der Waals surface area contributed by atoms with Gasteiger partial charge in [-0.1, -0.05) is 90.9 Å². The summed E-state index contributed by atoms with van der Waals surface area (Å²) in [6.45, 7) is 5.09. The van der Waals surface area contributed by atoms with Gasteiger partial charge in [0.1, 0.15) is 0 Å². The maximum atomic E-state index is 11.3. The van der Waals surface area contributed by atoms with Crippen LogP contribution in [0, 0.1) is 5.92 Å². The predicted molar refractivity (Wildman–Crippen MR) is 116 cm³/mol. The zero-order chi connectivity index (χ0) is 20.5. The first-order valence-corrected chi connectivity index (χ1v) is 11.5. The Hall–Kier alpha value is -1.58. The highest BCUT2D eigenvalue weighted by Crippen LogP contribution is 2.22. The molecule has 0 saturated carbocycles. The minimum absolute atomic E-state index is 0.0140. The third-order valence-electron chi connectivity index (χ3n) is 5.38. The fourth-order valence-corrected chi connectivity index (χ4v) is 3.61. The van der Waals surface area contributed by atoms with Crippen LogP contribution in [0.3, 0.4) is 0 Å². The van der Waals surface area contributed by atoms with Crippen molar-refractivity contribution in [1.29, 1.82) is 0 Å². The smallest absolute Gasteiger partial charge is 0.358 e. The van der Waals surface area contributed by atoms with Crippen molar-refractivity contribution in [3.63, 3.8) is 0 Å². The van der Waals surface area contributed by atoms with Crippen molar-refractivity contribution in [2.45, 2.75) is 104 Å². The van der Waals surface area contributed by atoms with Crippen LogP contribution >= 0.6 is 0 Å². The number of hydrogen-bond acceptors (Lipinski definition) is 3. The number of unbranched alkanes of at least 4 members (excludes halogenated alkanes) is 10. The summed E-state index contributed by atoms with van der Waals surface area (Å²) in [7, 11) is 0. The summed E-state index contributed by atoms with van der Waals surface area (Å²) in [6.07, 6.45) is 19.5. The second-order valence-electron chi connectivity index (χ2n) is 7.95. The highest BCUT2D eigenvalue weighted by atomic mass is 16.5. The zero-order valence-electron chi connectivity index (χ0n) is 18.1. The Morgan fingerprint density at radius 1 is 0.929 bits per heavy atom. The lowest BCUT2D eigenvalue weighted by molar-refractivity contribution is 0.0684. The second-order valence-corrected chi connectivity index (χ2v) is 7.95. The number of carbonyl (C=O) groups is 1. The molecule has 0 spiro atoms. The number of rotatable bonds is 18. The van der Waals surface area contributed by atoms with Gasteiger partial charge in [-0.3, -0.25) is 0 Å². The van der Waals surface area contributed by atoms with Gasteiger partial charge in [-0.15, -0.1) is 0 Å². The molecule has 28 heavy (non-hydrogen) atoms. The third-order valence-corrected chi connectivity index (χ3v) is 5.38. The van der Waals surface area contributed by atoms with E-state index in [-0.39, 0.29) is 5.69 Å². The highest BCUT2D eigenvalue weighted by Gasteiger charge is 2.15. The summed E-state index contributed by atoms with van der Waals surface area (Å²) in [6, 6.07) is 3.44. The van der Waals surface area contributed by atoms with Crippen molar-refractivity contribution < 1.29 is 14.6 Å². The molecule has 160 valence electrons. The van der Waals surface area contributed by atoms with E-state index in [0.717, 1.165) is 0 Å². The van der Waals surface area contributed by atoms with Crippen molar-refractivity contribution in [2.24, 2.45) is 5.92 Å². The van der Waals surface area contributed by atoms with E-state index >= 15 is 0 Å². The van der Waals surface area contributed by atoms with Crippen LogP contribution < -0.4 is 4.74 Å². The third kappa shape index (κ3) is 11.3. The standard InChI is InChI=1S/C24H41NO3/c1-3-5-7-9-10-12-14-17-21(16-13-11-8-6-4-2)20-28-22-18-15-19-25-23(22)24(26)27/h15,18-19,21H,3-14,16-17,20H2,1-2H3,(H,26,27). The fraction of sp³-hybridized carbons (Fsp3) is 0.750. The summed E-state index contributed by atoms with van der Waals surface area (Å²) < 4.78 is 5.91. The molecular weight excluding hydrogens is 350 g/mol. The number of ether oxygens (including phenoxy) is 1. The van der Waals surface area contributed by atoms with Gasteiger partial charge < -0.3 is 9.84 Å². The molecule has 0 amide bonds. The highest BCUT2D eigenvalue weighted by molar-refractivity contribution is 5.88. The van der Waals surface area contributed by atoms with Gasteiger partial charge in [0.25, 0.3) is 0 Å². The number of carboxylic acids is 1. The Balaban J connectivity index is 2.42. The second kappa shape index (κ2) is 16.4. The van der Waals surface area contributed by atoms with E-state index in [0.29, 0.717) is 18.3 Å². The molecule has 0 saturated heterocycles. The average Bonchev–Trinajstić information content (AvgIpc) is 2.70. The predicted octanol–water partition coefficient (Wildman–Crippen LogP) is 7.28. The van der Waals surface area contributed by atoms with Crippen molar-refractivity contribution in [3.05, 3.63) is 24.0 Å².